The minimum Gasteiger partial charge on any atom is -0.298 e. The molecule has 7 heteroatoms. The lowest BCUT2D eigenvalue weighted by Crippen LogP contribution is -1.97. The number of carbonyl (C=O) groups is 1. The monoisotopic (exact) mass is 367 g/mol. The van der Waals surface area contributed by atoms with E-state index in [1.165, 1.54) is 11.3 Å². The molecular weight excluding hydrogens is 362 g/mol. The summed E-state index contributed by atoms with van der Waals surface area (Å²) in [6.45, 7) is 0. The van der Waals surface area contributed by atoms with Crippen LogP contribution in [0.3, 0.4) is 0 Å². The Labute approximate surface area is 132 Å². The van der Waals surface area contributed by atoms with Crippen molar-refractivity contribution in [1.29, 1.82) is 0 Å². The molecule has 3 aromatic rings. The van der Waals surface area contributed by atoms with E-state index in [2.05, 4.69) is 26.0 Å². The number of thiophene rings is 1. The summed E-state index contributed by atoms with van der Waals surface area (Å²) in [5, 5.41) is 6.29. The highest BCUT2D eigenvalue weighted by molar-refractivity contribution is 9.10. The molecular formula is C13H7BrClN3OS. The molecule has 0 aromatic carbocycles. The number of rotatable bonds is 3. The molecule has 0 unspecified atom stereocenters. The Morgan fingerprint density at radius 3 is 2.85 bits per heavy atom. The normalized spacial score (nSPS) is 10.7. The van der Waals surface area contributed by atoms with Crippen LogP contribution in [0.25, 0.3) is 17.1 Å². The summed E-state index contributed by atoms with van der Waals surface area (Å²) in [6, 6.07) is 5.47. The van der Waals surface area contributed by atoms with Crippen LogP contribution in [0.5, 0.6) is 0 Å². The zero-order valence-electron chi connectivity index (χ0n) is 9.96. The van der Waals surface area contributed by atoms with Crippen molar-refractivity contribution < 1.29 is 4.79 Å². The number of aldehydes is 1. The maximum atomic E-state index is 11.2. The summed E-state index contributed by atoms with van der Waals surface area (Å²) in [5.41, 5.74) is 1.94. The average Bonchev–Trinajstić information content (AvgIpc) is 3.05. The first-order valence-corrected chi connectivity index (χ1v) is 7.63. The van der Waals surface area contributed by atoms with Crippen LogP contribution in [0, 0.1) is 0 Å². The largest absolute Gasteiger partial charge is 0.298 e. The maximum Gasteiger partial charge on any atom is 0.153 e. The fourth-order valence-corrected chi connectivity index (χ4v) is 2.85. The molecule has 0 N–H and O–H groups in total. The molecule has 0 saturated carbocycles. The van der Waals surface area contributed by atoms with E-state index in [0.29, 0.717) is 21.4 Å². The minimum absolute atomic E-state index is 0.504. The molecule has 3 heterocycles. The molecule has 0 atom stereocenters. The third-order valence-corrected chi connectivity index (χ3v) is 4.22. The van der Waals surface area contributed by atoms with Gasteiger partial charge in [0.05, 0.1) is 9.90 Å². The second-order valence-electron chi connectivity index (χ2n) is 3.97. The third-order valence-electron chi connectivity index (χ3n) is 2.66. The molecule has 3 rings (SSSR count). The van der Waals surface area contributed by atoms with Gasteiger partial charge in [-0.2, -0.15) is 5.10 Å². The van der Waals surface area contributed by atoms with Crippen LogP contribution in [0.2, 0.25) is 4.34 Å². The SMILES string of the molecule is O=Cc1cn(-c2ccc(Br)cn2)nc1-c1csc(Cl)c1. The highest BCUT2D eigenvalue weighted by Crippen LogP contribution is 2.29. The van der Waals surface area contributed by atoms with Crippen LogP contribution in [-0.4, -0.2) is 21.1 Å². The van der Waals surface area contributed by atoms with Gasteiger partial charge in [0, 0.05) is 27.8 Å². The smallest absolute Gasteiger partial charge is 0.153 e. The van der Waals surface area contributed by atoms with Crippen LogP contribution in [-0.2, 0) is 0 Å². The van der Waals surface area contributed by atoms with Gasteiger partial charge in [-0.3, -0.25) is 4.79 Å². The summed E-state index contributed by atoms with van der Waals surface area (Å²) in [6.07, 6.45) is 4.12. The fraction of sp³-hybridized carbons (Fsp3) is 0. The number of nitrogens with zero attached hydrogens (tertiary/aromatic N) is 3. The van der Waals surface area contributed by atoms with Gasteiger partial charge < -0.3 is 0 Å². The van der Waals surface area contributed by atoms with Crippen LogP contribution < -0.4 is 0 Å². The van der Waals surface area contributed by atoms with Gasteiger partial charge in [-0.25, -0.2) is 9.67 Å². The van der Waals surface area contributed by atoms with E-state index < -0.39 is 0 Å². The summed E-state index contributed by atoms with van der Waals surface area (Å²) < 4.78 is 3.12. The topological polar surface area (TPSA) is 47.8 Å². The van der Waals surface area contributed by atoms with Gasteiger partial charge in [-0.1, -0.05) is 11.6 Å². The Bertz CT molecular complexity index is 766. The Balaban J connectivity index is 2.09. The van der Waals surface area contributed by atoms with Crippen molar-refractivity contribution >= 4 is 45.2 Å². The second-order valence-corrected chi connectivity index (χ2v) is 6.43. The predicted molar refractivity (Wildman–Crippen MR) is 82.8 cm³/mol. The summed E-state index contributed by atoms with van der Waals surface area (Å²) in [5.74, 6) is 0.642. The quantitative estimate of drug-likeness (QED) is 0.650. The number of hydrogen-bond donors (Lipinski definition) is 0. The van der Waals surface area contributed by atoms with E-state index >= 15 is 0 Å². The third kappa shape index (κ3) is 2.54. The lowest BCUT2D eigenvalue weighted by Gasteiger charge is -1.99. The molecule has 0 bridgehead atoms. The highest BCUT2D eigenvalue weighted by Gasteiger charge is 2.13. The van der Waals surface area contributed by atoms with Crippen LogP contribution >= 0.6 is 38.9 Å². The average molecular weight is 369 g/mol. The van der Waals surface area contributed by atoms with E-state index in [-0.39, 0.29) is 0 Å². The molecule has 0 aliphatic heterocycles. The Morgan fingerprint density at radius 2 is 2.25 bits per heavy atom. The molecule has 3 aromatic heterocycles. The number of carbonyl (C=O) groups excluding carboxylic acids is 1. The first-order chi connectivity index (χ1) is 9.67. The van der Waals surface area contributed by atoms with Gasteiger partial charge in [-0.15, -0.1) is 11.3 Å². The van der Waals surface area contributed by atoms with E-state index in [4.69, 9.17) is 11.6 Å². The number of halogens is 2. The van der Waals surface area contributed by atoms with Crippen molar-refractivity contribution in [1.82, 2.24) is 14.8 Å². The summed E-state index contributed by atoms with van der Waals surface area (Å²) >= 11 is 10.7. The van der Waals surface area contributed by atoms with E-state index in [1.54, 1.807) is 23.1 Å². The maximum absolute atomic E-state index is 11.2. The number of aromatic nitrogens is 3. The zero-order valence-corrected chi connectivity index (χ0v) is 13.1. The lowest BCUT2D eigenvalue weighted by atomic mass is 10.2. The fourth-order valence-electron chi connectivity index (χ4n) is 1.75. The van der Waals surface area contributed by atoms with Gasteiger partial charge in [0.2, 0.25) is 0 Å². The zero-order chi connectivity index (χ0) is 14.1. The minimum atomic E-state index is 0.504. The van der Waals surface area contributed by atoms with Gasteiger partial charge in [0.1, 0.15) is 5.69 Å². The van der Waals surface area contributed by atoms with Gasteiger partial charge >= 0.3 is 0 Å². The van der Waals surface area contributed by atoms with Crippen molar-refractivity contribution in [3.8, 4) is 17.1 Å². The molecule has 0 radical (unpaired) electrons. The lowest BCUT2D eigenvalue weighted by molar-refractivity contribution is 0.112. The molecule has 20 heavy (non-hydrogen) atoms. The standard InChI is InChI=1S/C13H7BrClN3OS/c14-10-1-2-12(16-4-10)18-5-9(6-19)13(17-18)8-3-11(15)20-7-8/h1-7H. The van der Waals surface area contributed by atoms with E-state index in [0.717, 1.165) is 16.3 Å². The number of hydrogen-bond acceptors (Lipinski definition) is 4. The molecule has 0 aliphatic carbocycles. The van der Waals surface area contributed by atoms with Crippen molar-refractivity contribution in [2.24, 2.45) is 0 Å². The van der Waals surface area contributed by atoms with Gasteiger partial charge in [0.25, 0.3) is 0 Å². The van der Waals surface area contributed by atoms with Crippen LogP contribution in [0.1, 0.15) is 10.4 Å². The molecule has 0 amide bonds. The molecule has 0 spiro atoms. The first-order valence-electron chi connectivity index (χ1n) is 5.58. The summed E-state index contributed by atoms with van der Waals surface area (Å²) in [7, 11) is 0. The molecule has 0 aliphatic rings. The molecule has 100 valence electrons. The predicted octanol–water partition coefficient (Wildman–Crippen LogP) is 4.22. The van der Waals surface area contributed by atoms with Crippen LogP contribution in [0.15, 0.2) is 40.4 Å². The van der Waals surface area contributed by atoms with E-state index in [1.807, 2.05) is 17.5 Å². The van der Waals surface area contributed by atoms with E-state index in [9.17, 15) is 4.79 Å². The Hall–Kier alpha value is -1.50. The van der Waals surface area contributed by atoms with Crippen molar-refractivity contribution in [2.75, 3.05) is 0 Å². The van der Waals surface area contributed by atoms with Crippen molar-refractivity contribution in [2.45, 2.75) is 0 Å². The Kier molecular flexibility index (Phi) is 3.69. The second kappa shape index (κ2) is 5.47. The highest BCUT2D eigenvalue weighted by atomic mass is 79.9. The first kappa shape index (κ1) is 13.5. The Morgan fingerprint density at radius 1 is 1.40 bits per heavy atom. The van der Waals surface area contributed by atoms with Crippen molar-refractivity contribution in [3.05, 3.63) is 50.3 Å². The van der Waals surface area contributed by atoms with Crippen molar-refractivity contribution in [3.63, 3.8) is 0 Å². The molecule has 4 nitrogen and oxygen atoms in total. The summed E-state index contributed by atoms with van der Waals surface area (Å²) in [4.78, 5) is 15.4. The van der Waals surface area contributed by atoms with Gasteiger partial charge in [-0.05, 0) is 34.1 Å². The molecule has 0 fully saturated rings. The molecule has 0 saturated heterocycles. The van der Waals surface area contributed by atoms with Crippen LogP contribution in [0.4, 0.5) is 0 Å². The van der Waals surface area contributed by atoms with Gasteiger partial charge in [0.15, 0.2) is 12.1 Å². The number of pyridine rings is 1.